The van der Waals surface area contributed by atoms with Crippen LogP contribution in [-0.2, 0) is 0 Å². The van der Waals surface area contributed by atoms with Gasteiger partial charge in [-0.15, -0.1) is 0 Å². The molecule has 1 nitrogen and oxygen atoms in total. The second kappa shape index (κ2) is 5.29. The predicted octanol–water partition coefficient (Wildman–Crippen LogP) is -1.91. The van der Waals surface area contributed by atoms with Crippen LogP contribution < -0.4 is 5.23 Å². The van der Waals surface area contributed by atoms with Gasteiger partial charge in [-0.25, -0.2) is 0 Å². The lowest BCUT2D eigenvalue weighted by atomic mass is 9.81. The van der Waals surface area contributed by atoms with E-state index < -0.39 is 0 Å². The molecule has 1 N–H and O–H groups in total. The molecule has 0 fully saturated rings. The van der Waals surface area contributed by atoms with Crippen LogP contribution in [0.3, 0.4) is 0 Å². The molecule has 0 unspecified atom stereocenters. The van der Waals surface area contributed by atoms with Crippen LogP contribution in [0, 0.1) is 0 Å². The highest BCUT2D eigenvalue weighted by atomic mass is 14.8. The summed E-state index contributed by atoms with van der Waals surface area (Å²) in [6, 6.07) is 0. The molecule has 0 aromatic carbocycles. The summed E-state index contributed by atoms with van der Waals surface area (Å²) in [5.41, 5.74) is 0.292. The Morgan fingerprint density at radius 2 is 1.25 bits per heavy atom. The maximum Gasteiger partial charge on any atom is 0.182 e. The fraction of sp³-hybridized carbons (Fsp3) is 1.00. The predicted molar refractivity (Wildman–Crippen MR) is 48.5 cm³/mol. The minimum Gasteiger partial charge on any atom is -0.358 e. The maximum atomic E-state index is 3.10. The Morgan fingerprint density at radius 1 is 1.12 bits per heavy atom. The summed E-state index contributed by atoms with van der Waals surface area (Å²) < 4.78 is 0. The Labute approximate surface area is 55.9 Å². The summed E-state index contributed by atoms with van der Waals surface area (Å²) in [5.74, 6) is 0. The Hall–Kier alpha value is 0.155. The van der Waals surface area contributed by atoms with E-state index in [1.165, 1.54) is 0 Å². The van der Waals surface area contributed by atoms with E-state index in [1.807, 2.05) is 23.5 Å². The van der Waals surface area contributed by atoms with Gasteiger partial charge in [-0.2, -0.15) is 0 Å². The number of hydrogen-bond donors (Lipinski definition) is 1. The van der Waals surface area contributed by atoms with Crippen molar-refractivity contribution in [3.8, 4) is 0 Å². The van der Waals surface area contributed by atoms with E-state index in [0.29, 0.717) is 5.54 Å². The third-order valence-corrected chi connectivity index (χ3v) is 0.750. The third-order valence-electron chi connectivity index (χ3n) is 0.750. The number of hydrogen-bond acceptors (Lipinski definition) is 1. The minimum atomic E-state index is 0.292. The van der Waals surface area contributed by atoms with Crippen LogP contribution in [0.4, 0.5) is 0 Å². The monoisotopic (exact) mass is 111 g/mol. The van der Waals surface area contributed by atoms with Crippen LogP contribution in [0.15, 0.2) is 0 Å². The first-order chi connectivity index (χ1) is 3.56. The zero-order chi connectivity index (χ0) is 7.21. The average Bonchev–Trinajstić information content (AvgIpc) is 1.71. The largest absolute Gasteiger partial charge is 0.358 e. The van der Waals surface area contributed by atoms with Gasteiger partial charge in [0.25, 0.3) is 0 Å². The summed E-state index contributed by atoms with van der Waals surface area (Å²) in [4.78, 5) is 0. The molecule has 0 spiro atoms. The minimum absolute atomic E-state index is 0.292. The SMILES string of the molecule is BB.BNC(C)(C)C. The molecule has 0 aromatic rings. The molecule has 0 rings (SSSR count). The lowest BCUT2D eigenvalue weighted by molar-refractivity contribution is 0.528. The summed E-state index contributed by atoms with van der Waals surface area (Å²) in [7, 11) is 5.96. The second-order valence-electron chi connectivity index (χ2n) is 2.50. The highest BCUT2D eigenvalue weighted by Gasteiger charge is 2.01. The Morgan fingerprint density at radius 3 is 1.25 bits per heavy atom. The summed E-state index contributed by atoms with van der Waals surface area (Å²) in [6.07, 6.45) is 0. The van der Waals surface area contributed by atoms with Crippen molar-refractivity contribution in [2.75, 3.05) is 0 Å². The van der Waals surface area contributed by atoms with Gasteiger partial charge in [-0.3, -0.25) is 0 Å². The molecular weight excluding hydrogens is 94.5 g/mol. The van der Waals surface area contributed by atoms with Crippen LogP contribution in [0.5, 0.6) is 0 Å². The molecule has 0 bridgehead atoms. The van der Waals surface area contributed by atoms with Crippen LogP contribution in [-0.4, -0.2) is 29.0 Å². The van der Waals surface area contributed by atoms with Crippen LogP contribution in [0.2, 0.25) is 0 Å². The molecule has 0 aliphatic carbocycles. The molecule has 0 saturated carbocycles. The lowest BCUT2D eigenvalue weighted by Crippen LogP contribution is -2.33. The third kappa shape index (κ3) is 16.4. The van der Waals surface area contributed by atoms with Gasteiger partial charge >= 0.3 is 0 Å². The van der Waals surface area contributed by atoms with Crippen molar-refractivity contribution in [1.82, 2.24) is 5.23 Å². The molecular formula is C4H16B3N. The molecule has 0 aromatic heterocycles. The lowest BCUT2D eigenvalue weighted by Gasteiger charge is -2.15. The van der Waals surface area contributed by atoms with Gasteiger partial charge in [-0.05, 0) is 26.3 Å². The topological polar surface area (TPSA) is 12.0 Å². The van der Waals surface area contributed by atoms with Crippen LogP contribution in [0.25, 0.3) is 0 Å². The molecule has 0 amide bonds. The molecule has 0 saturated heterocycles. The van der Waals surface area contributed by atoms with E-state index in [0.717, 1.165) is 0 Å². The van der Waals surface area contributed by atoms with E-state index >= 15 is 0 Å². The molecule has 0 radical (unpaired) electrons. The van der Waals surface area contributed by atoms with Crippen molar-refractivity contribution in [3.05, 3.63) is 0 Å². The average molecular weight is 111 g/mol. The molecule has 46 valence electrons. The smallest absolute Gasteiger partial charge is 0.182 e. The zero-order valence-electron chi connectivity index (χ0n) is 7.00. The Balaban J connectivity index is 0. The van der Waals surface area contributed by atoms with Gasteiger partial charge in [-0.1, -0.05) is 0 Å². The zero-order valence-corrected chi connectivity index (χ0v) is 7.00. The second-order valence-corrected chi connectivity index (χ2v) is 2.50. The molecule has 0 aliphatic rings. The molecule has 0 aliphatic heterocycles. The standard InChI is InChI=1S/C4H12BN.B2H4/c1-4(2,3)6-5;1-2/h6H,5H2,1-3H3;1-2H2. The van der Waals surface area contributed by atoms with E-state index in [4.69, 9.17) is 0 Å². The van der Waals surface area contributed by atoms with E-state index in [9.17, 15) is 0 Å². The summed E-state index contributed by atoms with van der Waals surface area (Å²) in [5, 5.41) is 3.10. The van der Waals surface area contributed by atoms with Gasteiger partial charge in [0.15, 0.2) is 7.98 Å². The van der Waals surface area contributed by atoms with E-state index in [-0.39, 0.29) is 0 Å². The number of rotatable bonds is 0. The summed E-state index contributed by atoms with van der Waals surface area (Å²) in [6.45, 7) is 6.40. The normalized spacial score (nSPS) is 9.38. The van der Waals surface area contributed by atoms with Gasteiger partial charge in [0, 0.05) is 0 Å². The van der Waals surface area contributed by atoms with Crippen molar-refractivity contribution in [2.24, 2.45) is 0 Å². The van der Waals surface area contributed by atoms with Crippen molar-refractivity contribution < 1.29 is 0 Å². The van der Waals surface area contributed by atoms with E-state index in [2.05, 4.69) is 26.0 Å². The molecule has 8 heavy (non-hydrogen) atoms. The Bertz CT molecular complexity index is 41.0. The number of nitrogens with one attached hydrogen (secondary N) is 1. The van der Waals surface area contributed by atoms with Crippen molar-refractivity contribution in [3.63, 3.8) is 0 Å². The van der Waals surface area contributed by atoms with E-state index in [1.54, 1.807) is 0 Å². The first-order valence-electron chi connectivity index (χ1n) is 3.25. The van der Waals surface area contributed by atoms with Gasteiger partial charge in [0.05, 0.1) is 15.5 Å². The Kier molecular flexibility index (Phi) is 7.29. The van der Waals surface area contributed by atoms with Crippen molar-refractivity contribution in [1.29, 1.82) is 0 Å². The first-order valence-corrected chi connectivity index (χ1v) is 3.25. The molecule has 0 heterocycles. The fourth-order valence-electron chi connectivity index (χ4n) is 0. The van der Waals surface area contributed by atoms with Gasteiger partial charge in [0.1, 0.15) is 0 Å². The van der Waals surface area contributed by atoms with Gasteiger partial charge < -0.3 is 5.23 Å². The molecule has 0 atom stereocenters. The maximum absolute atomic E-state index is 3.10. The highest BCUT2D eigenvalue weighted by Crippen LogP contribution is 1.93. The summed E-state index contributed by atoms with van der Waals surface area (Å²) >= 11 is 0. The fourth-order valence-corrected chi connectivity index (χ4v) is 0. The van der Waals surface area contributed by atoms with Gasteiger partial charge in [0.2, 0.25) is 0 Å². The van der Waals surface area contributed by atoms with Crippen molar-refractivity contribution in [2.45, 2.75) is 26.3 Å². The highest BCUT2D eigenvalue weighted by molar-refractivity contribution is 6.75. The first kappa shape index (κ1) is 11.0. The van der Waals surface area contributed by atoms with Crippen LogP contribution >= 0.6 is 0 Å². The quantitative estimate of drug-likeness (QED) is 0.359. The van der Waals surface area contributed by atoms with Crippen molar-refractivity contribution >= 4 is 23.5 Å². The van der Waals surface area contributed by atoms with Crippen LogP contribution in [0.1, 0.15) is 20.8 Å². The molecule has 4 heteroatoms.